The Kier molecular flexibility index (Phi) is 4.11. The molecule has 0 spiro atoms. The van der Waals surface area contributed by atoms with Crippen molar-refractivity contribution in [1.29, 1.82) is 0 Å². The van der Waals surface area contributed by atoms with E-state index in [0.717, 1.165) is 5.76 Å². The summed E-state index contributed by atoms with van der Waals surface area (Å²) in [4.78, 5) is 12.2. The molecule has 2 heterocycles. The number of hydrogen-bond donors (Lipinski definition) is 1. The quantitative estimate of drug-likeness (QED) is 0.750. The second kappa shape index (κ2) is 6.06. The van der Waals surface area contributed by atoms with Crippen LogP contribution in [0.5, 0.6) is 0 Å². The molecule has 0 radical (unpaired) electrons. The number of nitrogens with zero attached hydrogens (tertiary/aromatic N) is 2. The van der Waals surface area contributed by atoms with E-state index in [9.17, 15) is 4.79 Å². The summed E-state index contributed by atoms with van der Waals surface area (Å²) in [6.45, 7) is 3.60. The van der Waals surface area contributed by atoms with Crippen molar-refractivity contribution in [2.24, 2.45) is 0 Å². The van der Waals surface area contributed by atoms with Crippen LogP contribution in [0.4, 0.5) is 6.01 Å². The first-order valence-electron chi connectivity index (χ1n) is 6.61. The SMILES string of the molecule is Cc1cc(-c2nnc(NC(=O)c3cc(Cl)ccc3Cl)o2)c(C)o1. The van der Waals surface area contributed by atoms with Crippen LogP contribution in [0.2, 0.25) is 10.0 Å². The van der Waals surface area contributed by atoms with Gasteiger partial charge < -0.3 is 8.83 Å². The number of nitrogens with one attached hydrogen (secondary N) is 1. The molecule has 1 amide bonds. The van der Waals surface area contributed by atoms with Gasteiger partial charge in [-0.05, 0) is 38.1 Å². The Labute approximate surface area is 141 Å². The molecular formula is C15H11Cl2N3O3. The zero-order valence-electron chi connectivity index (χ0n) is 12.2. The summed E-state index contributed by atoms with van der Waals surface area (Å²) >= 11 is 11.9. The van der Waals surface area contributed by atoms with Crippen LogP contribution in [0, 0.1) is 13.8 Å². The van der Waals surface area contributed by atoms with E-state index in [-0.39, 0.29) is 22.5 Å². The number of anilines is 1. The van der Waals surface area contributed by atoms with E-state index in [1.807, 2.05) is 6.92 Å². The van der Waals surface area contributed by atoms with Gasteiger partial charge in [0.1, 0.15) is 11.5 Å². The third-order valence-corrected chi connectivity index (χ3v) is 3.65. The van der Waals surface area contributed by atoms with Crippen LogP contribution in [-0.2, 0) is 0 Å². The van der Waals surface area contributed by atoms with E-state index in [0.29, 0.717) is 16.3 Å². The van der Waals surface area contributed by atoms with E-state index in [2.05, 4.69) is 15.5 Å². The number of rotatable bonds is 3. The van der Waals surface area contributed by atoms with Gasteiger partial charge in [-0.1, -0.05) is 28.3 Å². The number of aromatic nitrogens is 2. The Hall–Kier alpha value is -2.31. The molecule has 1 N–H and O–H groups in total. The first-order valence-corrected chi connectivity index (χ1v) is 7.37. The Bertz CT molecular complexity index is 886. The Balaban J connectivity index is 1.83. The summed E-state index contributed by atoms with van der Waals surface area (Å²) in [7, 11) is 0. The standard InChI is InChI=1S/C15H11Cl2N3O3/c1-7-5-10(8(2)22-7)14-19-20-15(23-14)18-13(21)11-6-9(16)3-4-12(11)17/h3-6H,1-2H3,(H,18,20,21). The molecule has 8 heteroatoms. The van der Waals surface area contributed by atoms with Crippen molar-refractivity contribution in [3.63, 3.8) is 0 Å². The number of carbonyl (C=O) groups is 1. The molecule has 1 aromatic carbocycles. The summed E-state index contributed by atoms with van der Waals surface area (Å²) in [6.07, 6.45) is 0. The van der Waals surface area contributed by atoms with Gasteiger partial charge in [0.25, 0.3) is 11.8 Å². The molecule has 0 aliphatic rings. The highest BCUT2D eigenvalue weighted by atomic mass is 35.5. The van der Waals surface area contributed by atoms with E-state index in [4.69, 9.17) is 32.0 Å². The lowest BCUT2D eigenvalue weighted by Gasteiger charge is -2.03. The fourth-order valence-corrected chi connectivity index (χ4v) is 2.44. The molecule has 118 valence electrons. The zero-order valence-corrected chi connectivity index (χ0v) is 13.7. The molecule has 0 aliphatic heterocycles. The molecule has 23 heavy (non-hydrogen) atoms. The highest BCUT2D eigenvalue weighted by Crippen LogP contribution is 2.27. The Morgan fingerprint density at radius 3 is 2.61 bits per heavy atom. The van der Waals surface area contributed by atoms with Crippen LogP contribution in [0.25, 0.3) is 11.5 Å². The Morgan fingerprint density at radius 1 is 1.13 bits per heavy atom. The molecule has 0 saturated carbocycles. The van der Waals surface area contributed by atoms with Crippen molar-refractivity contribution in [3.8, 4) is 11.5 Å². The number of amides is 1. The summed E-state index contributed by atoms with van der Waals surface area (Å²) < 4.78 is 10.8. The van der Waals surface area contributed by atoms with Gasteiger partial charge in [0, 0.05) is 5.02 Å². The van der Waals surface area contributed by atoms with E-state index < -0.39 is 5.91 Å². The lowest BCUT2D eigenvalue weighted by Crippen LogP contribution is -2.12. The lowest BCUT2D eigenvalue weighted by molar-refractivity contribution is 0.102. The molecular weight excluding hydrogens is 341 g/mol. The van der Waals surface area contributed by atoms with Crippen molar-refractivity contribution in [2.75, 3.05) is 5.32 Å². The first-order chi connectivity index (χ1) is 10.9. The molecule has 0 aliphatic carbocycles. The largest absolute Gasteiger partial charge is 0.466 e. The molecule has 0 bridgehead atoms. The van der Waals surface area contributed by atoms with Crippen LogP contribution < -0.4 is 5.32 Å². The van der Waals surface area contributed by atoms with Gasteiger partial charge in [-0.15, -0.1) is 5.10 Å². The van der Waals surface area contributed by atoms with Crippen molar-refractivity contribution in [3.05, 3.63) is 51.4 Å². The van der Waals surface area contributed by atoms with Crippen molar-refractivity contribution >= 4 is 35.1 Å². The maximum atomic E-state index is 12.2. The summed E-state index contributed by atoms with van der Waals surface area (Å²) in [5, 5.41) is 10.9. The minimum absolute atomic E-state index is 0.0423. The third-order valence-electron chi connectivity index (χ3n) is 3.09. The summed E-state index contributed by atoms with van der Waals surface area (Å²) in [5.41, 5.74) is 0.894. The molecule has 0 unspecified atom stereocenters. The molecule has 0 atom stereocenters. The smallest absolute Gasteiger partial charge is 0.322 e. The number of aryl methyl sites for hydroxylation is 2. The van der Waals surface area contributed by atoms with Gasteiger partial charge in [-0.2, -0.15) is 0 Å². The second-order valence-electron chi connectivity index (χ2n) is 4.82. The fraction of sp³-hybridized carbons (Fsp3) is 0.133. The molecule has 3 rings (SSSR count). The maximum Gasteiger partial charge on any atom is 0.322 e. The normalized spacial score (nSPS) is 10.8. The maximum absolute atomic E-state index is 12.2. The van der Waals surface area contributed by atoms with Crippen molar-refractivity contribution in [2.45, 2.75) is 13.8 Å². The van der Waals surface area contributed by atoms with E-state index in [1.165, 1.54) is 12.1 Å². The van der Waals surface area contributed by atoms with Crippen LogP contribution in [0.15, 0.2) is 33.1 Å². The number of benzene rings is 1. The third kappa shape index (κ3) is 3.23. The van der Waals surface area contributed by atoms with Gasteiger partial charge in [0.05, 0.1) is 16.1 Å². The molecule has 0 fully saturated rings. The average Bonchev–Trinajstić information content (AvgIpc) is 3.07. The fourth-order valence-electron chi connectivity index (χ4n) is 2.06. The predicted molar refractivity (Wildman–Crippen MR) is 85.9 cm³/mol. The first kappa shape index (κ1) is 15.6. The average molecular weight is 352 g/mol. The molecule has 6 nitrogen and oxygen atoms in total. The van der Waals surface area contributed by atoms with E-state index >= 15 is 0 Å². The van der Waals surface area contributed by atoms with Gasteiger partial charge in [0.2, 0.25) is 0 Å². The monoisotopic (exact) mass is 351 g/mol. The minimum Gasteiger partial charge on any atom is -0.466 e. The van der Waals surface area contributed by atoms with Gasteiger partial charge in [-0.25, -0.2) is 0 Å². The molecule has 0 saturated heterocycles. The zero-order chi connectivity index (χ0) is 16.6. The van der Waals surface area contributed by atoms with Crippen LogP contribution in [-0.4, -0.2) is 16.1 Å². The predicted octanol–water partition coefficient (Wildman–Crippen LogP) is 4.51. The molecule has 3 aromatic rings. The second-order valence-corrected chi connectivity index (χ2v) is 5.66. The van der Waals surface area contributed by atoms with Crippen LogP contribution in [0.3, 0.4) is 0 Å². The van der Waals surface area contributed by atoms with Crippen molar-refractivity contribution < 1.29 is 13.6 Å². The van der Waals surface area contributed by atoms with Crippen molar-refractivity contribution in [1.82, 2.24) is 10.2 Å². The van der Waals surface area contributed by atoms with Gasteiger partial charge >= 0.3 is 6.01 Å². The topological polar surface area (TPSA) is 81.2 Å². The van der Waals surface area contributed by atoms with E-state index in [1.54, 1.807) is 19.1 Å². The minimum atomic E-state index is -0.493. The number of hydrogen-bond acceptors (Lipinski definition) is 5. The Morgan fingerprint density at radius 2 is 1.91 bits per heavy atom. The number of furan rings is 1. The summed E-state index contributed by atoms with van der Waals surface area (Å²) in [5.74, 6) is 1.15. The summed E-state index contributed by atoms with van der Waals surface area (Å²) in [6, 6.07) is 6.33. The number of carbonyl (C=O) groups excluding carboxylic acids is 1. The lowest BCUT2D eigenvalue weighted by atomic mass is 10.2. The highest BCUT2D eigenvalue weighted by Gasteiger charge is 2.18. The van der Waals surface area contributed by atoms with Crippen LogP contribution in [0.1, 0.15) is 21.9 Å². The van der Waals surface area contributed by atoms with Crippen LogP contribution >= 0.6 is 23.2 Å². The van der Waals surface area contributed by atoms with Gasteiger partial charge in [0.15, 0.2) is 0 Å². The number of halogens is 2. The highest BCUT2D eigenvalue weighted by molar-refractivity contribution is 6.36. The van der Waals surface area contributed by atoms with Gasteiger partial charge in [-0.3, -0.25) is 10.1 Å². The molecule has 2 aromatic heterocycles.